The summed E-state index contributed by atoms with van der Waals surface area (Å²) in [6.07, 6.45) is 10.5. The first-order valence-electron chi connectivity index (χ1n) is 7.01. The fourth-order valence-electron chi connectivity index (χ4n) is 1.80. The molecular weight excluding hydrogens is 242 g/mol. The summed E-state index contributed by atoms with van der Waals surface area (Å²) in [5.41, 5.74) is 0.555. The molecule has 19 heavy (non-hydrogen) atoms. The van der Waals surface area contributed by atoms with Crippen LogP contribution in [-0.2, 0) is 4.74 Å². The molecule has 4 heteroatoms. The number of carbonyl (C=O) groups is 1. The first-order valence-corrected chi connectivity index (χ1v) is 7.01. The van der Waals surface area contributed by atoms with E-state index >= 15 is 0 Å². The molecule has 106 valence electrons. The lowest BCUT2D eigenvalue weighted by Gasteiger charge is -2.04. The summed E-state index contributed by atoms with van der Waals surface area (Å²) in [5.74, 6) is -0.267. The van der Waals surface area contributed by atoms with Gasteiger partial charge >= 0.3 is 5.97 Å². The minimum atomic E-state index is -0.267. The zero-order chi connectivity index (χ0) is 13.9. The number of aromatic nitrogens is 1. The third-order valence-corrected chi connectivity index (χ3v) is 2.98. The topological polar surface area (TPSA) is 39.4 Å². The van der Waals surface area contributed by atoms with E-state index in [4.69, 9.17) is 9.57 Å². The highest BCUT2D eigenvalue weighted by Gasteiger charge is 2.09. The predicted octanol–water partition coefficient (Wildman–Crippen LogP) is 2.55. The van der Waals surface area contributed by atoms with Crippen LogP contribution in [0.5, 0.6) is 0 Å². The molecule has 0 unspecified atom stereocenters. The van der Waals surface area contributed by atoms with Gasteiger partial charge in [0.15, 0.2) is 0 Å². The van der Waals surface area contributed by atoms with Crippen molar-refractivity contribution >= 4 is 5.97 Å². The van der Waals surface area contributed by atoms with Gasteiger partial charge in [0, 0.05) is 16.9 Å². The van der Waals surface area contributed by atoms with Crippen LogP contribution < -0.4 is 9.57 Å². The third kappa shape index (κ3) is 6.22. The molecule has 4 nitrogen and oxygen atoms in total. The highest BCUT2D eigenvalue weighted by molar-refractivity contribution is 5.88. The van der Waals surface area contributed by atoms with Gasteiger partial charge in [0.25, 0.3) is 0 Å². The molecule has 0 saturated carbocycles. The molecule has 0 aliphatic carbocycles. The van der Waals surface area contributed by atoms with Crippen molar-refractivity contribution in [1.82, 2.24) is 0 Å². The molecule has 0 aliphatic heterocycles. The van der Waals surface area contributed by atoms with Crippen molar-refractivity contribution in [2.24, 2.45) is 0 Å². The van der Waals surface area contributed by atoms with E-state index in [1.165, 1.54) is 30.4 Å². The van der Waals surface area contributed by atoms with Crippen molar-refractivity contribution in [2.75, 3.05) is 13.7 Å². The molecule has 0 atom stereocenters. The van der Waals surface area contributed by atoms with E-state index in [0.717, 1.165) is 12.8 Å². The van der Waals surface area contributed by atoms with Gasteiger partial charge in [-0.2, -0.15) is 0 Å². The molecule has 0 saturated heterocycles. The average molecular weight is 266 g/mol. The van der Waals surface area contributed by atoms with E-state index in [9.17, 15) is 4.79 Å². The zero-order valence-electron chi connectivity index (χ0n) is 11.9. The second-order valence-electron chi connectivity index (χ2n) is 4.53. The van der Waals surface area contributed by atoms with Crippen molar-refractivity contribution in [3.63, 3.8) is 0 Å². The summed E-state index contributed by atoms with van der Waals surface area (Å²) in [5, 5.41) is 0. The molecular formula is C15H24NO3+. The number of nitrogens with zero attached hydrogens (tertiary/aromatic N) is 1. The third-order valence-electron chi connectivity index (χ3n) is 2.98. The molecule has 1 heterocycles. The monoisotopic (exact) mass is 266 g/mol. The van der Waals surface area contributed by atoms with Crippen LogP contribution in [0.1, 0.15) is 55.8 Å². The van der Waals surface area contributed by atoms with Crippen LogP contribution in [0.25, 0.3) is 0 Å². The van der Waals surface area contributed by atoms with Gasteiger partial charge in [-0.15, -0.1) is 0 Å². The van der Waals surface area contributed by atoms with Crippen molar-refractivity contribution in [1.29, 1.82) is 0 Å². The smallest absolute Gasteiger partial charge is 0.338 e. The Labute approximate surface area is 115 Å². The molecule has 0 aromatic carbocycles. The van der Waals surface area contributed by atoms with Crippen LogP contribution in [0.4, 0.5) is 0 Å². The Kier molecular flexibility index (Phi) is 7.63. The largest absolute Gasteiger partial charge is 0.462 e. The Bertz CT molecular complexity index is 362. The highest BCUT2D eigenvalue weighted by Crippen LogP contribution is 2.06. The maximum absolute atomic E-state index is 11.7. The molecule has 1 aromatic rings. The standard InChI is InChI=1S/C15H24NO3/c1-3-4-5-6-7-8-13-19-15(17)14-9-11-16(18-2)12-10-14/h9-12H,3-8,13H2,1-2H3/q+1. The summed E-state index contributed by atoms with van der Waals surface area (Å²) >= 11 is 0. The quantitative estimate of drug-likeness (QED) is 0.392. The SMILES string of the molecule is CCCCCCCCOC(=O)c1cc[n+](OC)cc1. The molecule has 0 bridgehead atoms. The number of rotatable bonds is 9. The first-order chi connectivity index (χ1) is 9.27. The van der Waals surface area contributed by atoms with E-state index in [0.29, 0.717) is 12.2 Å². The van der Waals surface area contributed by atoms with Gasteiger partial charge in [0.05, 0.1) is 12.2 Å². The minimum absolute atomic E-state index is 0.267. The Balaban J connectivity index is 2.16. The van der Waals surface area contributed by atoms with Crippen LogP contribution in [0.15, 0.2) is 24.5 Å². The summed E-state index contributed by atoms with van der Waals surface area (Å²) < 4.78 is 6.74. The Morgan fingerprint density at radius 1 is 1.11 bits per heavy atom. The number of unbranched alkanes of at least 4 members (excludes halogenated alkanes) is 5. The van der Waals surface area contributed by atoms with Gasteiger partial charge in [0.2, 0.25) is 12.4 Å². The van der Waals surface area contributed by atoms with Gasteiger partial charge in [0.1, 0.15) is 7.11 Å². The molecule has 0 N–H and O–H groups in total. The average Bonchev–Trinajstić information content (AvgIpc) is 2.46. The first kappa shape index (κ1) is 15.5. The van der Waals surface area contributed by atoms with Crippen molar-refractivity contribution in [3.05, 3.63) is 30.1 Å². The predicted molar refractivity (Wildman–Crippen MR) is 72.8 cm³/mol. The maximum Gasteiger partial charge on any atom is 0.338 e. The van der Waals surface area contributed by atoms with Gasteiger partial charge in [-0.3, -0.25) is 4.84 Å². The van der Waals surface area contributed by atoms with Gasteiger partial charge < -0.3 is 4.74 Å². The van der Waals surface area contributed by atoms with Crippen molar-refractivity contribution in [2.45, 2.75) is 45.4 Å². The van der Waals surface area contributed by atoms with Crippen molar-refractivity contribution < 1.29 is 19.1 Å². The van der Waals surface area contributed by atoms with Crippen LogP contribution in [0.3, 0.4) is 0 Å². The molecule has 0 amide bonds. The van der Waals surface area contributed by atoms with E-state index in [1.54, 1.807) is 31.6 Å². The minimum Gasteiger partial charge on any atom is -0.462 e. The van der Waals surface area contributed by atoms with Crippen LogP contribution >= 0.6 is 0 Å². The summed E-state index contributed by atoms with van der Waals surface area (Å²) in [6, 6.07) is 3.38. The summed E-state index contributed by atoms with van der Waals surface area (Å²) in [4.78, 5) is 16.7. The highest BCUT2D eigenvalue weighted by atomic mass is 16.6. The van der Waals surface area contributed by atoms with Crippen LogP contribution in [0.2, 0.25) is 0 Å². The molecule has 0 fully saturated rings. The summed E-state index contributed by atoms with van der Waals surface area (Å²) in [6.45, 7) is 2.71. The lowest BCUT2D eigenvalue weighted by atomic mass is 10.1. The lowest BCUT2D eigenvalue weighted by Crippen LogP contribution is -2.39. The number of ether oxygens (including phenoxy) is 1. The molecule has 0 radical (unpaired) electrons. The number of hydrogen-bond donors (Lipinski definition) is 0. The number of esters is 1. The van der Waals surface area contributed by atoms with Crippen LogP contribution in [0, 0.1) is 0 Å². The lowest BCUT2D eigenvalue weighted by molar-refractivity contribution is -0.885. The van der Waals surface area contributed by atoms with E-state index in [1.807, 2.05) is 0 Å². The zero-order valence-corrected chi connectivity index (χ0v) is 11.9. The normalized spacial score (nSPS) is 10.2. The second-order valence-corrected chi connectivity index (χ2v) is 4.53. The van der Waals surface area contributed by atoms with Crippen LogP contribution in [-0.4, -0.2) is 19.7 Å². The van der Waals surface area contributed by atoms with Gasteiger partial charge in [-0.05, 0) is 6.42 Å². The molecule has 1 aromatic heterocycles. The van der Waals surface area contributed by atoms with Gasteiger partial charge in [-0.1, -0.05) is 39.0 Å². The molecule has 1 rings (SSSR count). The number of hydrogen-bond acceptors (Lipinski definition) is 3. The Morgan fingerprint density at radius 2 is 1.74 bits per heavy atom. The van der Waals surface area contributed by atoms with E-state index < -0.39 is 0 Å². The molecule has 0 spiro atoms. The molecule has 0 aliphatic rings. The number of carbonyl (C=O) groups excluding carboxylic acids is 1. The van der Waals surface area contributed by atoms with Crippen molar-refractivity contribution in [3.8, 4) is 0 Å². The Hall–Kier alpha value is -1.58. The number of pyridine rings is 1. The Morgan fingerprint density at radius 3 is 2.37 bits per heavy atom. The summed E-state index contributed by atoms with van der Waals surface area (Å²) in [7, 11) is 1.57. The fourth-order valence-corrected chi connectivity index (χ4v) is 1.80. The fraction of sp³-hybridized carbons (Fsp3) is 0.600. The second kappa shape index (κ2) is 9.36. The maximum atomic E-state index is 11.7. The van der Waals surface area contributed by atoms with E-state index in [-0.39, 0.29) is 5.97 Å². The van der Waals surface area contributed by atoms with Gasteiger partial charge in [-0.25, -0.2) is 4.79 Å². The van der Waals surface area contributed by atoms with E-state index in [2.05, 4.69) is 6.92 Å².